The van der Waals surface area contributed by atoms with Gasteiger partial charge in [0.2, 0.25) is 5.91 Å². The lowest BCUT2D eigenvalue weighted by Gasteiger charge is -2.33. The maximum Gasteiger partial charge on any atom is 0.313 e. The lowest BCUT2D eigenvalue weighted by Crippen LogP contribution is -2.49. The molecule has 7 nitrogen and oxygen atoms in total. The van der Waals surface area contributed by atoms with Gasteiger partial charge in [0.1, 0.15) is 0 Å². The van der Waals surface area contributed by atoms with E-state index in [2.05, 4.69) is 16.7 Å². The Hall–Kier alpha value is -3.19. The molecule has 1 unspecified atom stereocenters. The van der Waals surface area contributed by atoms with Gasteiger partial charge in [-0.05, 0) is 54.5 Å². The molecule has 2 aliphatic rings. The molecule has 3 amide bonds. The molecule has 1 atom stereocenters. The van der Waals surface area contributed by atoms with Crippen LogP contribution in [0.25, 0.3) is 0 Å². The van der Waals surface area contributed by atoms with Gasteiger partial charge in [-0.15, -0.1) is 0 Å². The summed E-state index contributed by atoms with van der Waals surface area (Å²) in [7, 11) is 0. The summed E-state index contributed by atoms with van der Waals surface area (Å²) in [6, 6.07) is 13.3. The van der Waals surface area contributed by atoms with Crippen LogP contribution in [0.5, 0.6) is 0 Å². The predicted molar refractivity (Wildman–Crippen MR) is 127 cm³/mol. The van der Waals surface area contributed by atoms with Crippen LogP contribution >= 0.6 is 0 Å². The average Bonchev–Trinajstić information content (AvgIpc) is 2.81. The summed E-state index contributed by atoms with van der Waals surface area (Å²) < 4.78 is 0. The van der Waals surface area contributed by atoms with E-state index < -0.39 is 17.4 Å². The number of nitrogens with one attached hydrogen (secondary N) is 2. The van der Waals surface area contributed by atoms with Crippen molar-refractivity contribution in [2.45, 2.75) is 51.6 Å². The van der Waals surface area contributed by atoms with Crippen molar-refractivity contribution in [1.29, 1.82) is 0 Å². The topological polar surface area (TPSA) is 98.7 Å². The summed E-state index contributed by atoms with van der Waals surface area (Å²) in [6.45, 7) is 4.38. The molecule has 4 rings (SSSR count). The van der Waals surface area contributed by atoms with Gasteiger partial charge in [-0.3, -0.25) is 14.4 Å². The minimum Gasteiger partial charge on any atom is -0.388 e. The van der Waals surface area contributed by atoms with Crippen LogP contribution in [0.4, 0.5) is 11.4 Å². The van der Waals surface area contributed by atoms with E-state index in [1.807, 2.05) is 38.1 Å². The van der Waals surface area contributed by atoms with Gasteiger partial charge in [0.05, 0.1) is 5.60 Å². The summed E-state index contributed by atoms with van der Waals surface area (Å²) in [5.41, 5.74) is 3.50. The Labute approximate surface area is 194 Å². The Morgan fingerprint density at radius 3 is 2.55 bits per heavy atom. The first kappa shape index (κ1) is 23.0. The van der Waals surface area contributed by atoms with Crippen molar-refractivity contribution >= 4 is 29.1 Å². The van der Waals surface area contributed by atoms with Gasteiger partial charge in [-0.2, -0.15) is 0 Å². The molecule has 1 heterocycles. The molecule has 174 valence electrons. The lowest BCUT2D eigenvalue weighted by atomic mass is 9.80. The fourth-order valence-electron chi connectivity index (χ4n) is 4.64. The second kappa shape index (κ2) is 9.35. The molecule has 0 bridgehead atoms. The second-order valence-electron chi connectivity index (χ2n) is 9.40. The second-order valence-corrected chi connectivity index (χ2v) is 9.40. The van der Waals surface area contributed by atoms with Crippen LogP contribution in [-0.2, 0) is 33.6 Å². The molecule has 0 saturated carbocycles. The number of aliphatic hydroxyl groups is 1. The van der Waals surface area contributed by atoms with Crippen LogP contribution in [0.15, 0.2) is 42.5 Å². The normalized spacial score (nSPS) is 19.5. The van der Waals surface area contributed by atoms with E-state index in [0.29, 0.717) is 25.1 Å². The van der Waals surface area contributed by atoms with E-state index in [1.54, 1.807) is 17.0 Å². The van der Waals surface area contributed by atoms with E-state index in [1.165, 1.54) is 5.56 Å². The third-order valence-electron chi connectivity index (χ3n) is 6.50. The number of anilines is 2. The Morgan fingerprint density at radius 2 is 1.79 bits per heavy atom. The van der Waals surface area contributed by atoms with Crippen molar-refractivity contribution in [2.24, 2.45) is 5.92 Å². The van der Waals surface area contributed by atoms with Gasteiger partial charge >= 0.3 is 11.8 Å². The van der Waals surface area contributed by atoms with Crippen LogP contribution in [0.3, 0.4) is 0 Å². The first-order valence-electron chi connectivity index (χ1n) is 11.6. The number of fused-ring (bicyclic) bond motifs is 2. The molecule has 3 N–H and O–H groups in total. The van der Waals surface area contributed by atoms with Gasteiger partial charge in [0, 0.05) is 36.8 Å². The van der Waals surface area contributed by atoms with Gasteiger partial charge in [-0.1, -0.05) is 44.2 Å². The molecule has 0 spiro atoms. The van der Waals surface area contributed by atoms with Crippen LogP contribution in [0.2, 0.25) is 0 Å². The standard InChI is InChI=1S/C26H31N3O4/c1-17(2)25(32)29-13-5-8-19-9-10-21(14-22(19)29)28-24(31)23(30)27-16-26(33)12-11-18-6-3-4-7-20(18)15-26/h3-4,6-7,9-10,14,17,33H,5,8,11-13,15-16H2,1-2H3,(H,27,30)(H,28,31). The van der Waals surface area contributed by atoms with Gasteiger partial charge in [-0.25, -0.2) is 0 Å². The Morgan fingerprint density at radius 1 is 1.03 bits per heavy atom. The summed E-state index contributed by atoms with van der Waals surface area (Å²) in [6.07, 6.45) is 3.46. The highest BCUT2D eigenvalue weighted by Gasteiger charge is 2.33. The number of aryl methyl sites for hydroxylation is 2. The van der Waals surface area contributed by atoms with E-state index in [9.17, 15) is 19.5 Å². The number of benzene rings is 2. The number of nitrogens with zero attached hydrogens (tertiary/aromatic N) is 1. The van der Waals surface area contributed by atoms with Crippen LogP contribution < -0.4 is 15.5 Å². The zero-order valence-electron chi connectivity index (χ0n) is 19.2. The highest BCUT2D eigenvalue weighted by molar-refractivity contribution is 6.39. The third-order valence-corrected chi connectivity index (χ3v) is 6.50. The zero-order valence-corrected chi connectivity index (χ0v) is 19.2. The molecule has 2 aromatic rings. The number of carbonyl (C=O) groups excluding carboxylic acids is 3. The number of rotatable bonds is 4. The van der Waals surface area contributed by atoms with E-state index >= 15 is 0 Å². The predicted octanol–water partition coefficient (Wildman–Crippen LogP) is 2.60. The Kier molecular flexibility index (Phi) is 6.51. The Balaban J connectivity index is 1.38. The van der Waals surface area contributed by atoms with E-state index in [0.717, 1.165) is 36.1 Å². The van der Waals surface area contributed by atoms with Gasteiger partial charge in [0.15, 0.2) is 0 Å². The number of hydrogen-bond donors (Lipinski definition) is 3. The highest BCUT2D eigenvalue weighted by atomic mass is 16.3. The monoisotopic (exact) mass is 449 g/mol. The summed E-state index contributed by atoms with van der Waals surface area (Å²) >= 11 is 0. The summed E-state index contributed by atoms with van der Waals surface area (Å²) in [4.78, 5) is 39.3. The molecular weight excluding hydrogens is 418 g/mol. The number of amides is 3. The van der Waals surface area contributed by atoms with Crippen molar-refractivity contribution in [1.82, 2.24) is 5.32 Å². The molecule has 0 aromatic heterocycles. The molecule has 2 aromatic carbocycles. The summed E-state index contributed by atoms with van der Waals surface area (Å²) in [5.74, 6) is -1.68. The minimum atomic E-state index is -1.08. The molecular formula is C26H31N3O4. The van der Waals surface area contributed by atoms with E-state index in [-0.39, 0.29) is 18.4 Å². The van der Waals surface area contributed by atoms with Crippen molar-refractivity contribution in [3.63, 3.8) is 0 Å². The maximum absolute atomic E-state index is 12.6. The molecule has 0 saturated heterocycles. The molecule has 33 heavy (non-hydrogen) atoms. The Bertz CT molecular complexity index is 1080. The van der Waals surface area contributed by atoms with Crippen LogP contribution in [0, 0.1) is 5.92 Å². The molecule has 1 aliphatic carbocycles. The maximum atomic E-state index is 12.6. The molecule has 0 radical (unpaired) electrons. The van der Waals surface area contributed by atoms with Crippen molar-refractivity contribution in [3.8, 4) is 0 Å². The van der Waals surface area contributed by atoms with Crippen molar-refractivity contribution < 1.29 is 19.5 Å². The zero-order chi connectivity index (χ0) is 23.6. The van der Waals surface area contributed by atoms with Gasteiger partial charge < -0.3 is 20.6 Å². The quantitative estimate of drug-likeness (QED) is 0.625. The van der Waals surface area contributed by atoms with E-state index in [4.69, 9.17) is 0 Å². The fourth-order valence-corrected chi connectivity index (χ4v) is 4.64. The molecule has 0 fully saturated rings. The molecule has 7 heteroatoms. The van der Waals surface area contributed by atoms with Crippen molar-refractivity contribution in [2.75, 3.05) is 23.3 Å². The molecule has 1 aliphatic heterocycles. The largest absolute Gasteiger partial charge is 0.388 e. The van der Waals surface area contributed by atoms with Crippen LogP contribution in [-0.4, -0.2) is 41.5 Å². The first-order chi connectivity index (χ1) is 15.8. The smallest absolute Gasteiger partial charge is 0.313 e. The SMILES string of the molecule is CC(C)C(=O)N1CCCc2ccc(NC(=O)C(=O)NCC3(O)CCc4ccccc4C3)cc21. The minimum absolute atomic E-state index is 0.00838. The third kappa shape index (κ3) is 5.09. The van der Waals surface area contributed by atoms with Crippen LogP contribution in [0.1, 0.15) is 43.4 Å². The lowest BCUT2D eigenvalue weighted by molar-refractivity contribution is -0.136. The number of hydrogen-bond acceptors (Lipinski definition) is 4. The van der Waals surface area contributed by atoms with Crippen molar-refractivity contribution in [3.05, 3.63) is 59.2 Å². The number of carbonyl (C=O) groups is 3. The first-order valence-corrected chi connectivity index (χ1v) is 11.6. The fraction of sp³-hybridized carbons (Fsp3) is 0.423. The summed E-state index contributed by atoms with van der Waals surface area (Å²) in [5, 5.41) is 16.1. The van der Waals surface area contributed by atoms with Gasteiger partial charge in [0.25, 0.3) is 0 Å². The highest BCUT2D eigenvalue weighted by Crippen LogP contribution is 2.31. The average molecular weight is 450 g/mol.